The number of rotatable bonds is 4. The predicted molar refractivity (Wildman–Crippen MR) is 98.2 cm³/mol. The number of aromatic nitrogens is 2. The van der Waals surface area contributed by atoms with Crippen LogP contribution in [0.15, 0.2) is 29.2 Å². The first-order chi connectivity index (χ1) is 11.8. The third kappa shape index (κ3) is 3.74. The molecule has 1 aliphatic heterocycles. The van der Waals surface area contributed by atoms with Gasteiger partial charge in [-0.2, -0.15) is 9.40 Å². The molecule has 0 saturated carbocycles. The zero-order chi connectivity index (χ0) is 18.2. The summed E-state index contributed by atoms with van der Waals surface area (Å²) < 4.78 is 29.2. The second-order valence-corrected chi connectivity index (χ2v) is 8.74. The van der Waals surface area contributed by atoms with Crippen LogP contribution in [0.5, 0.6) is 0 Å². The zero-order valence-corrected chi connectivity index (χ0v) is 16.3. The third-order valence-electron chi connectivity index (χ3n) is 4.67. The quantitative estimate of drug-likeness (QED) is 0.813. The van der Waals surface area contributed by atoms with Crippen LogP contribution >= 0.6 is 11.6 Å². The van der Waals surface area contributed by atoms with E-state index in [1.165, 1.54) is 0 Å². The second-order valence-electron chi connectivity index (χ2n) is 6.43. The molecule has 0 unspecified atom stereocenters. The van der Waals surface area contributed by atoms with Crippen molar-refractivity contribution in [3.05, 3.63) is 46.2 Å². The van der Waals surface area contributed by atoms with Gasteiger partial charge in [0.25, 0.3) is 0 Å². The summed E-state index contributed by atoms with van der Waals surface area (Å²) in [7, 11) is -1.74. The first-order valence-corrected chi connectivity index (χ1v) is 10.1. The molecule has 1 aromatic heterocycles. The Morgan fingerprint density at radius 2 is 1.84 bits per heavy atom. The topological polar surface area (TPSA) is 58.4 Å². The van der Waals surface area contributed by atoms with Crippen LogP contribution in [-0.2, 0) is 23.6 Å². The molecular weight excluding hydrogens is 360 g/mol. The number of halogens is 1. The molecule has 1 fully saturated rings. The fourth-order valence-corrected chi connectivity index (χ4v) is 5.31. The molecular formula is C17H23ClN4O2S. The fourth-order valence-electron chi connectivity index (χ4n) is 3.28. The van der Waals surface area contributed by atoms with Gasteiger partial charge in [-0.25, -0.2) is 8.42 Å². The van der Waals surface area contributed by atoms with Gasteiger partial charge in [0.15, 0.2) is 0 Å². The second kappa shape index (κ2) is 7.07. The summed E-state index contributed by atoms with van der Waals surface area (Å²) in [6, 6.07) is 7.78. The van der Waals surface area contributed by atoms with Crippen LogP contribution in [-0.4, -0.2) is 53.6 Å². The lowest BCUT2D eigenvalue weighted by molar-refractivity contribution is 0.181. The maximum Gasteiger partial charge on any atom is 0.246 e. The molecule has 1 aliphatic rings. The van der Waals surface area contributed by atoms with Crippen LogP contribution in [0.2, 0.25) is 5.02 Å². The highest BCUT2D eigenvalue weighted by molar-refractivity contribution is 7.89. The Morgan fingerprint density at radius 3 is 2.40 bits per heavy atom. The number of nitrogens with zero attached hydrogens (tertiary/aromatic N) is 4. The lowest BCUT2D eigenvalue weighted by Crippen LogP contribution is -2.48. The number of hydrogen-bond acceptors (Lipinski definition) is 4. The molecule has 136 valence electrons. The first kappa shape index (κ1) is 18.4. The highest BCUT2D eigenvalue weighted by Crippen LogP contribution is 2.24. The van der Waals surface area contributed by atoms with Crippen LogP contribution in [0.25, 0.3) is 0 Å². The largest absolute Gasteiger partial charge is 0.296 e. The molecule has 1 aromatic carbocycles. The minimum absolute atomic E-state index is 0.346. The molecule has 0 N–H and O–H groups in total. The van der Waals surface area contributed by atoms with Gasteiger partial charge in [0.2, 0.25) is 10.0 Å². The third-order valence-corrected chi connectivity index (χ3v) is 7.05. The van der Waals surface area contributed by atoms with Crippen molar-refractivity contribution in [1.29, 1.82) is 0 Å². The van der Waals surface area contributed by atoms with Crippen LogP contribution in [0.4, 0.5) is 0 Å². The minimum atomic E-state index is -3.50. The summed E-state index contributed by atoms with van der Waals surface area (Å²) in [6.45, 7) is 6.68. The summed E-state index contributed by atoms with van der Waals surface area (Å²) in [5, 5.41) is 4.96. The van der Waals surface area contributed by atoms with Crippen molar-refractivity contribution >= 4 is 21.6 Å². The Bertz CT molecular complexity index is 871. The van der Waals surface area contributed by atoms with E-state index in [4.69, 9.17) is 11.6 Å². The smallest absolute Gasteiger partial charge is 0.246 e. The Kier molecular flexibility index (Phi) is 5.20. The van der Waals surface area contributed by atoms with E-state index < -0.39 is 10.0 Å². The summed E-state index contributed by atoms with van der Waals surface area (Å²) in [6.07, 6.45) is 0. The molecule has 0 bridgehead atoms. The van der Waals surface area contributed by atoms with E-state index in [-0.39, 0.29) is 0 Å². The Labute approximate surface area is 154 Å². The lowest BCUT2D eigenvalue weighted by atomic mass is 10.2. The van der Waals surface area contributed by atoms with E-state index in [1.807, 2.05) is 24.3 Å². The molecule has 1 saturated heterocycles. The molecule has 6 nitrogen and oxygen atoms in total. The van der Waals surface area contributed by atoms with Crippen LogP contribution in [0, 0.1) is 13.8 Å². The Morgan fingerprint density at radius 1 is 1.16 bits per heavy atom. The monoisotopic (exact) mass is 382 g/mol. The average molecular weight is 383 g/mol. The van der Waals surface area contributed by atoms with Crippen LogP contribution in [0.1, 0.15) is 17.0 Å². The van der Waals surface area contributed by atoms with E-state index >= 15 is 0 Å². The van der Waals surface area contributed by atoms with Crippen molar-refractivity contribution in [2.75, 3.05) is 26.2 Å². The summed E-state index contributed by atoms with van der Waals surface area (Å²) in [5.74, 6) is 0. The standard InChI is InChI=1S/C17H23ClN4O2S/c1-13-17(14(2)20(3)19-13)25(23,24)22-9-7-21(8-10-22)12-15-5-4-6-16(18)11-15/h4-6,11H,7-10,12H2,1-3H3. The maximum atomic E-state index is 13.0. The van der Waals surface area contributed by atoms with Crippen molar-refractivity contribution in [2.45, 2.75) is 25.3 Å². The molecule has 3 rings (SSSR count). The van der Waals surface area contributed by atoms with Crippen molar-refractivity contribution in [2.24, 2.45) is 7.05 Å². The van der Waals surface area contributed by atoms with E-state index in [2.05, 4.69) is 10.00 Å². The van der Waals surface area contributed by atoms with E-state index in [9.17, 15) is 8.42 Å². The van der Waals surface area contributed by atoms with Crippen LogP contribution in [0.3, 0.4) is 0 Å². The molecule has 0 aliphatic carbocycles. The maximum absolute atomic E-state index is 13.0. The van der Waals surface area contributed by atoms with E-state index in [1.54, 1.807) is 29.9 Å². The van der Waals surface area contributed by atoms with Gasteiger partial charge in [-0.15, -0.1) is 0 Å². The normalized spacial score (nSPS) is 17.1. The van der Waals surface area contributed by atoms with E-state index in [0.717, 1.165) is 17.1 Å². The zero-order valence-electron chi connectivity index (χ0n) is 14.7. The van der Waals surface area contributed by atoms with Gasteiger partial charge in [0.05, 0.1) is 11.4 Å². The van der Waals surface area contributed by atoms with Gasteiger partial charge in [-0.05, 0) is 31.5 Å². The molecule has 0 atom stereocenters. The summed E-state index contributed by atoms with van der Waals surface area (Å²) in [5.41, 5.74) is 2.38. The van der Waals surface area contributed by atoms with E-state index in [0.29, 0.717) is 42.5 Å². The highest BCUT2D eigenvalue weighted by atomic mass is 35.5. The Balaban J connectivity index is 1.69. The SMILES string of the molecule is Cc1nn(C)c(C)c1S(=O)(=O)N1CCN(Cc2cccc(Cl)c2)CC1. The summed E-state index contributed by atoms with van der Waals surface area (Å²) >= 11 is 6.03. The molecule has 2 aromatic rings. The minimum Gasteiger partial charge on any atom is -0.296 e. The number of sulfonamides is 1. The molecule has 8 heteroatoms. The van der Waals surface area contributed by atoms with Crippen molar-refractivity contribution in [3.8, 4) is 0 Å². The number of benzene rings is 1. The van der Waals surface area contributed by atoms with Gasteiger partial charge in [-0.3, -0.25) is 9.58 Å². The number of piperazine rings is 1. The van der Waals surface area contributed by atoms with Gasteiger partial charge < -0.3 is 0 Å². The van der Waals surface area contributed by atoms with Crippen molar-refractivity contribution in [1.82, 2.24) is 19.0 Å². The van der Waals surface area contributed by atoms with Gasteiger partial charge in [0, 0.05) is 44.8 Å². The van der Waals surface area contributed by atoms with Crippen molar-refractivity contribution < 1.29 is 8.42 Å². The first-order valence-electron chi connectivity index (χ1n) is 8.26. The highest BCUT2D eigenvalue weighted by Gasteiger charge is 2.32. The van der Waals surface area contributed by atoms with Gasteiger partial charge >= 0.3 is 0 Å². The van der Waals surface area contributed by atoms with Crippen molar-refractivity contribution in [3.63, 3.8) is 0 Å². The average Bonchev–Trinajstić information content (AvgIpc) is 2.81. The lowest BCUT2D eigenvalue weighted by Gasteiger charge is -2.34. The molecule has 0 spiro atoms. The molecule has 0 radical (unpaired) electrons. The molecule has 0 amide bonds. The van der Waals surface area contributed by atoms with Gasteiger partial charge in [-0.1, -0.05) is 23.7 Å². The fraction of sp³-hybridized carbons (Fsp3) is 0.471. The number of hydrogen-bond donors (Lipinski definition) is 0. The number of aryl methyl sites for hydroxylation is 2. The molecule has 2 heterocycles. The Hall–Kier alpha value is -1.41. The van der Waals surface area contributed by atoms with Crippen LogP contribution < -0.4 is 0 Å². The summed E-state index contributed by atoms with van der Waals surface area (Å²) in [4.78, 5) is 2.60. The molecule has 25 heavy (non-hydrogen) atoms. The van der Waals surface area contributed by atoms with Gasteiger partial charge in [0.1, 0.15) is 4.90 Å². The predicted octanol–water partition coefficient (Wildman–Crippen LogP) is 2.20.